The Morgan fingerprint density at radius 3 is 2.65 bits per heavy atom. The highest BCUT2D eigenvalue weighted by atomic mass is 16.2. The number of anilines is 1. The predicted octanol–water partition coefficient (Wildman–Crippen LogP) is 2.91. The number of aryl methyl sites for hydroxylation is 1. The van der Waals surface area contributed by atoms with Crippen molar-refractivity contribution in [1.29, 1.82) is 0 Å². The zero-order valence-electron chi connectivity index (χ0n) is 11.2. The molecule has 94 valence electrons. The molecule has 0 bridgehead atoms. The van der Waals surface area contributed by atoms with Crippen LogP contribution in [0.2, 0.25) is 0 Å². The van der Waals surface area contributed by atoms with E-state index in [2.05, 4.69) is 12.2 Å². The van der Waals surface area contributed by atoms with Crippen LogP contribution >= 0.6 is 0 Å². The molecule has 1 aromatic rings. The van der Waals surface area contributed by atoms with Crippen molar-refractivity contribution in [3.05, 3.63) is 29.3 Å². The van der Waals surface area contributed by atoms with E-state index in [1.54, 1.807) is 4.90 Å². The van der Waals surface area contributed by atoms with Gasteiger partial charge < -0.3 is 10.2 Å². The highest BCUT2D eigenvalue weighted by molar-refractivity contribution is 5.99. The molecule has 1 amide bonds. The second kappa shape index (κ2) is 6.28. The third kappa shape index (κ3) is 3.48. The van der Waals surface area contributed by atoms with Crippen LogP contribution in [0.5, 0.6) is 0 Å². The van der Waals surface area contributed by atoms with Crippen molar-refractivity contribution in [2.45, 2.75) is 27.2 Å². The Morgan fingerprint density at radius 2 is 2.06 bits per heavy atom. The van der Waals surface area contributed by atoms with Crippen LogP contribution in [0.15, 0.2) is 18.2 Å². The van der Waals surface area contributed by atoms with Crippen molar-refractivity contribution < 1.29 is 4.79 Å². The van der Waals surface area contributed by atoms with Gasteiger partial charge in [0.2, 0.25) is 0 Å². The maximum absolute atomic E-state index is 12.3. The number of hydrogen-bond donors (Lipinski definition) is 1. The summed E-state index contributed by atoms with van der Waals surface area (Å²) in [6.45, 7) is 7.72. The van der Waals surface area contributed by atoms with Crippen LogP contribution in [0, 0.1) is 6.92 Å². The highest BCUT2D eigenvalue weighted by Crippen LogP contribution is 2.19. The molecule has 0 atom stereocenters. The molecule has 3 heteroatoms. The van der Waals surface area contributed by atoms with Crippen LogP contribution in [0.25, 0.3) is 0 Å². The van der Waals surface area contributed by atoms with Gasteiger partial charge in [-0.15, -0.1) is 0 Å². The third-order valence-electron chi connectivity index (χ3n) is 2.68. The predicted molar refractivity (Wildman–Crippen MR) is 72.6 cm³/mol. The number of amides is 1. The van der Waals surface area contributed by atoms with Crippen molar-refractivity contribution in [2.75, 3.05) is 25.5 Å². The number of carbonyl (C=O) groups excluding carboxylic acids is 1. The van der Waals surface area contributed by atoms with Gasteiger partial charge in [-0.2, -0.15) is 0 Å². The van der Waals surface area contributed by atoms with E-state index in [4.69, 9.17) is 0 Å². The first-order chi connectivity index (χ1) is 8.10. The molecule has 0 aromatic heterocycles. The number of nitrogens with zero attached hydrogens (tertiary/aromatic N) is 1. The minimum atomic E-state index is 0.0894. The topological polar surface area (TPSA) is 32.3 Å². The van der Waals surface area contributed by atoms with Crippen LogP contribution in [0.4, 0.5) is 5.69 Å². The summed E-state index contributed by atoms with van der Waals surface area (Å²) in [4.78, 5) is 14.0. The number of benzene rings is 1. The van der Waals surface area contributed by atoms with E-state index in [0.29, 0.717) is 0 Å². The highest BCUT2D eigenvalue weighted by Gasteiger charge is 2.15. The Labute approximate surface area is 104 Å². The molecule has 0 unspecified atom stereocenters. The fourth-order valence-corrected chi connectivity index (χ4v) is 1.82. The molecule has 17 heavy (non-hydrogen) atoms. The molecule has 3 nitrogen and oxygen atoms in total. The lowest BCUT2D eigenvalue weighted by Gasteiger charge is -2.19. The fourth-order valence-electron chi connectivity index (χ4n) is 1.82. The molecule has 0 heterocycles. The molecule has 1 aromatic carbocycles. The zero-order chi connectivity index (χ0) is 12.8. The molecule has 0 aliphatic heterocycles. The van der Waals surface area contributed by atoms with Crippen LogP contribution in [0.1, 0.15) is 36.2 Å². The molecule has 1 rings (SSSR count). The summed E-state index contributed by atoms with van der Waals surface area (Å²) >= 11 is 0. The summed E-state index contributed by atoms with van der Waals surface area (Å²) in [6, 6.07) is 5.95. The van der Waals surface area contributed by atoms with Gasteiger partial charge in [-0.3, -0.25) is 4.79 Å². The first kappa shape index (κ1) is 13.6. The summed E-state index contributed by atoms with van der Waals surface area (Å²) in [5.41, 5.74) is 2.80. The van der Waals surface area contributed by atoms with Gasteiger partial charge in [-0.25, -0.2) is 0 Å². The summed E-state index contributed by atoms with van der Waals surface area (Å²) in [6.07, 6.45) is 0.977. The SMILES string of the molecule is CCCN(C)C(=O)c1cc(C)ccc1NCC. The van der Waals surface area contributed by atoms with Crippen molar-refractivity contribution in [2.24, 2.45) is 0 Å². The summed E-state index contributed by atoms with van der Waals surface area (Å²) in [7, 11) is 1.85. The smallest absolute Gasteiger partial charge is 0.255 e. The fraction of sp³-hybridized carbons (Fsp3) is 0.500. The zero-order valence-corrected chi connectivity index (χ0v) is 11.2. The van der Waals surface area contributed by atoms with Gasteiger partial charge in [-0.1, -0.05) is 18.6 Å². The average molecular weight is 234 g/mol. The summed E-state index contributed by atoms with van der Waals surface area (Å²) in [5, 5.41) is 3.23. The molecule has 0 fully saturated rings. The van der Waals surface area contributed by atoms with Gasteiger partial charge in [0.05, 0.1) is 5.56 Å². The molecule has 0 spiro atoms. The minimum absolute atomic E-state index is 0.0894. The largest absolute Gasteiger partial charge is 0.385 e. The Morgan fingerprint density at radius 1 is 1.35 bits per heavy atom. The third-order valence-corrected chi connectivity index (χ3v) is 2.68. The van der Waals surface area contributed by atoms with Gasteiger partial charge in [-0.05, 0) is 32.4 Å². The molecular formula is C14H22N2O. The quantitative estimate of drug-likeness (QED) is 0.849. The van der Waals surface area contributed by atoms with Gasteiger partial charge in [0.25, 0.3) is 5.91 Å². The lowest BCUT2D eigenvalue weighted by molar-refractivity contribution is 0.0796. The van der Waals surface area contributed by atoms with E-state index >= 15 is 0 Å². The minimum Gasteiger partial charge on any atom is -0.385 e. The Balaban J connectivity index is 3.01. The van der Waals surface area contributed by atoms with Crippen LogP contribution in [-0.4, -0.2) is 30.9 Å². The number of nitrogens with one attached hydrogen (secondary N) is 1. The van der Waals surface area contributed by atoms with E-state index < -0.39 is 0 Å². The van der Waals surface area contributed by atoms with Crippen LogP contribution in [-0.2, 0) is 0 Å². The van der Waals surface area contributed by atoms with E-state index in [-0.39, 0.29) is 5.91 Å². The lowest BCUT2D eigenvalue weighted by Crippen LogP contribution is -2.28. The molecule has 0 radical (unpaired) electrons. The average Bonchev–Trinajstić information content (AvgIpc) is 2.31. The Kier molecular flexibility index (Phi) is 5.01. The molecule has 0 saturated carbocycles. The van der Waals surface area contributed by atoms with Crippen LogP contribution < -0.4 is 5.32 Å². The van der Waals surface area contributed by atoms with Gasteiger partial charge in [0.15, 0.2) is 0 Å². The maximum atomic E-state index is 12.3. The first-order valence-electron chi connectivity index (χ1n) is 6.20. The van der Waals surface area contributed by atoms with Crippen molar-refractivity contribution >= 4 is 11.6 Å². The maximum Gasteiger partial charge on any atom is 0.255 e. The second-order valence-corrected chi connectivity index (χ2v) is 4.31. The van der Waals surface area contributed by atoms with E-state index in [1.807, 2.05) is 39.1 Å². The van der Waals surface area contributed by atoms with Gasteiger partial charge in [0.1, 0.15) is 0 Å². The summed E-state index contributed by atoms with van der Waals surface area (Å²) < 4.78 is 0. The lowest BCUT2D eigenvalue weighted by atomic mass is 10.1. The second-order valence-electron chi connectivity index (χ2n) is 4.31. The van der Waals surface area contributed by atoms with E-state index in [9.17, 15) is 4.79 Å². The molecular weight excluding hydrogens is 212 g/mol. The molecule has 0 aliphatic rings. The standard InChI is InChI=1S/C14H22N2O/c1-5-9-16(4)14(17)12-10-11(3)7-8-13(12)15-6-2/h7-8,10,15H,5-6,9H2,1-4H3. The molecule has 0 saturated heterocycles. The molecule has 1 N–H and O–H groups in total. The van der Waals surface area contributed by atoms with Crippen LogP contribution in [0.3, 0.4) is 0 Å². The normalized spacial score (nSPS) is 10.1. The number of hydrogen-bond acceptors (Lipinski definition) is 2. The molecule has 0 aliphatic carbocycles. The first-order valence-corrected chi connectivity index (χ1v) is 6.20. The van der Waals surface area contributed by atoms with Crippen molar-refractivity contribution in [1.82, 2.24) is 4.90 Å². The van der Waals surface area contributed by atoms with Crippen molar-refractivity contribution in [3.8, 4) is 0 Å². The van der Waals surface area contributed by atoms with Crippen molar-refractivity contribution in [3.63, 3.8) is 0 Å². The Bertz CT molecular complexity index is 388. The summed E-state index contributed by atoms with van der Waals surface area (Å²) in [5.74, 6) is 0.0894. The number of rotatable bonds is 5. The van der Waals surface area contributed by atoms with Gasteiger partial charge >= 0.3 is 0 Å². The monoisotopic (exact) mass is 234 g/mol. The van der Waals surface area contributed by atoms with E-state index in [1.165, 1.54) is 0 Å². The van der Waals surface area contributed by atoms with E-state index in [0.717, 1.165) is 36.3 Å². The Hall–Kier alpha value is -1.51. The number of carbonyl (C=O) groups is 1. The van der Waals surface area contributed by atoms with Gasteiger partial charge in [0, 0.05) is 25.8 Å².